The van der Waals surface area contributed by atoms with Gasteiger partial charge in [-0.3, -0.25) is 10.1 Å². The highest BCUT2D eigenvalue weighted by Gasteiger charge is 2.48. The van der Waals surface area contributed by atoms with Gasteiger partial charge in [0.2, 0.25) is 5.91 Å². The molecule has 1 amide bonds. The Labute approximate surface area is 174 Å². The Morgan fingerprint density at radius 3 is 2.48 bits per heavy atom. The Kier molecular flexibility index (Phi) is 5.55. The number of carbonyl (C=O) groups excluding carboxylic acids is 1. The minimum absolute atomic E-state index is 0.224. The highest BCUT2D eigenvalue weighted by Crippen LogP contribution is 2.53. The lowest BCUT2D eigenvalue weighted by Gasteiger charge is -2.54. The first kappa shape index (κ1) is 18.9. The Bertz CT molecular complexity index is 751. The van der Waals surface area contributed by atoms with E-state index in [0.717, 1.165) is 39.5 Å². The van der Waals surface area contributed by atoms with Gasteiger partial charge in [-0.1, -0.05) is 15.9 Å². The van der Waals surface area contributed by atoms with E-state index in [1.165, 1.54) is 38.2 Å². The molecule has 0 unspecified atom stereocenters. The van der Waals surface area contributed by atoms with Gasteiger partial charge in [-0.2, -0.15) is 0 Å². The summed E-state index contributed by atoms with van der Waals surface area (Å²) >= 11 is 8.86. The van der Waals surface area contributed by atoms with Crippen LogP contribution in [0.5, 0.6) is 5.75 Å². The average Bonchev–Trinajstić information content (AvgIpc) is 2.62. The highest BCUT2D eigenvalue weighted by atomic mass is 79.9. The van der Waals surface area contributed by atoms with Crippen molar-refractivity contribution in [1.29, 1.82) is 0 Å². The van der Waals surface area contributed by atoms with E-state index in [1.807, 2.05) is 18.2 Å². The summed E-state index contributed by atoms with van der Waals surface area (Å²) in [5.41, 5.74) is 0.835. The predicted octanol–water partition coefficient (Wildman–Crippen LogP) is 4.29. The standard InChI is InChI=1S/C21H25BrN2O2S/c1-26-18-4-3-17(22)11-14(18)2-5-19(25)23-21(27)24-20-15-7-12-6-13(9-15)10-16(20)8-12/h2-5,11-13,15-16,20H,6-10H2,1H3,(H2,23,24,25,27). The second-order valence-electron chi connectivity index (χ2n) is 8.14. The summed E-state index contributed by atoms with van der Waals surface area (Å²) in [6, 6.07) is 6.11. The third kappa shape index (κ3) is 4.21. The lowest BCUT2D eigenvalue weighted by atomic mass is 9.54. The lowest BCUT2D eigenvalue weighted by Crippen LogP contribution is -2.57. The molecule has 6 heteroatoms. The van der Waals surface area contributed by atoms with Crippen molar-refractivity contribution in [2.75, 3.05) is 7.11 Å². The molecular weight excluding hydrogens is 424 g/mol. The van der Waals surface area contributed by atoms with Gasteiger partial charge in [0.25, 0.3) is 0 Å². The fraction of sp³-hybridized carbons (Fsp3) is 0.524. The molecule has 4 aliphatic carbocycles. The number of ether oxygens (including phenoxy) is 1. The zero-order valence-electron chi connectivity index (χ0n) is 15.4. The maximum Gasteiger partial charge on any atom is 0.250 e. The summed E-state index contributed by atoms with van der Waals surface area (Å²) in [6.45, 7) is 0. The Morgan fingerprint density at radius 2 is 1.85 bits per heavy atom. The first-order valence-corrected chi connectivity index (χ1v) is 10.8. The van der Waals surface area contributed by atoms with E-state index < -0.39 is 0 Å². The molecule has 0 atom stereocenters. The number of halogens is 1. The van der Waals surface area contributed by atoms with E-state index in [-0.39, 0.29) is 5.91 Å². The van der Waals surface area contributed by atoms with E-state index in [9.17, 15) is 4.79 Å². The van der Waals surface area contributed by atoms with Gasteiger partial charge in [0.15, 0.2) is 5.11 Å². The number of methoxy groups -OCH3 is 1. The van der Waals surface area contributed by atoms with E-state index in [1.54, 1.807) is 13.2 Å². The molecular formula is C21H25BrN2O2S. The molecule has 4 nitrogen and oxygen atoms in total. The van der Waals surface area contributed by atoms with E-state index in [0.29, 0.717) is 11.2 Å². The van der Waals surface area contributed by atoms with Crippen molar-refractivity contribution >= 4 is 45.2 Å². The van der Waals surface area contributed by atoms with Crippen LogP contribution in [0.3, 0.4) is 0 Å². The number of hydrogen-bond donors (Lipinski definition) is 2. The number of thiocarbonyl (C=S) groups is 1. The minimum Gasteiger partial charge on any atom is -0.496 e. The van der Waals surface area contributed by atoms with Gasteiger partial charge in [0.1, 0.15) is 5.75 Å². The van der Waals surface area contributed by atoms with Crippen molar-refractivity contribution in [3.8, 4) is 5.75 Å². The molecule has 2 N–H and O–H groups in total. The number of nitrogens with one attached hydrogen (secondary N) is 2. The van der Waals surface area contributed by atoms with Gasteiger partial charge < -0.3 is 10.1 Å². The lowest BCUT2D eigenvalue weighted by molar-refractivity contribution is -0.115. The summed E-state index contributed by atoms with van der Waals surface area (Å²) in [4.78, 5) is 12.3. The molecule has 4 bridgehead atoms. The van der Waals surface area contributed by atoms with Crippen molar-refractivity contribution < 1.29 is 9.53 Å². The predicted molar refractivity (Wildman–Crippen MR) is 114 cm³/mol. The largest absolute Gasteiger partial charge is 0.496 e. The molecule has 0 radical (unpaired) electrons. The van der Waals surface area contributed by atoms with Crippen LogP contribution in [0, 0.1) is 23.7 Å². The van der Waals surface area contributed by atoms with E-state index in [4.69, 9.17) is 17.0 Å². The Hall–Kier alpha value is -1.40. The first-order chi connectivity index (χ1) is 13.0. The van der Waals surface area contributed by atoms with Crippen LogP contribution in [0.15, 0.2) is 28.7 Å². The van der Waals surface area contributed by atoms with Crippen LogP contribution in [-0.2, 0) is 4.79 Å². The fourth-order valence-electron chi connectivity index (χ4n) is 5.50. The first-order valence-electron chi connectivity index (χ1n) is 9.65. The molecule has 4 fully saturated rings. The normalized spacial score (nSPS) is 31.1. The van der Waals surface area contributed by atoms with Crippen molar-refractivity contribution in [1.82, 2.24) is 10.6 Å². The zero-order valence-corrected chi connectivity index (χ0v) is 17.8. The molecule has 4 saturated carbocycles. The minimum atomic E-state index is -0.224. The molecule has 4 aliphatic rings. The zero-order chi connectivity index (χ0) is 19.0. The Morgan fingerprint density at radius 1 is 1.19 bits per heavy atom. The van der Waals surface area contributed by atoms with Crippen molar-refractivity contribution in [2.24, 2.45) is 23.7 Å². The third-order valence-corrected chi connectivity index (χ3v) is 7.08. The fourth-order valence-corrected chi connectivity index (χ4v) is 6.12. The van der Waals surface area contributed by atoms with Gasteiger partial charge >= 0.3 is 0 Å². The van der Waals surface area contributed by atoms with Crippen molar-refractivity contribution in [3.63, 3.8) is 0 Å². The summed E-state index contributed by atoms with van der Waals surface area (Å²) < 4.78 is 6.26. The van der Waals surface area contributed by atoms with Crippen molar-refractivity contribution in [3.05, 3.63) is 34.3 Å². The summed E-state index contributed by atoms with van der Waals surface area (Å²) in [5, 5.41) is 6.71. The number of rotatable bonds is 4. The van der Waals surface area contributed by atoms with Crippen LogP contribution in [-0.4, -0.2) is 24.2 Å². The Balaban J connectivity index is 1.33. The molecule has 144 valence electrons. The molecule has 0 spiro atoms. The number of benzene rings is 1. The number of carbonyl (C=O) groups is 1. The van der Waals surface area contributed by atoms with Crippen LogP contribution < -0.4 is 15.4 Å². The SMILES string of the molecule is COc1ccc(Br)cc1C=CC(=O)NC(=S)NC1C2CC3CC(C2)CC1C3. The number of hydrogen-bond acceptors (Lipinski definition) is 3. The molecule has 0 aliphatic heterocycles. The second-order valence-corrected chi connectivity index (χ2v) is 9.46. The van der Waals surface area contributed by atoms with Gasteiger partial charge in [-0.05, 0) is 92.3 Å². The smallest absolute Gasteiger partial charge is 0.250 e. The molecule has 27 heavy (non-hydrogen) atoms. The third-order valence-electron chi connectivity index (χ3n) is 6.37. The highest BCUT2D eigenvalue weighted by molar-refractivity contribution is 9.10. The van der Waals surface area contributed by atoms with Crippen LogP contribution in [0.2, 0.25) is 0 Å². The topological polar surface area (TPSA) is 50.4 Å². The molecule has 5 rings (SSSR count). The van der Waals surface area contributed by atoms with Gasteiger partial charge in [-0.15, -0.1) is 0 Å². The van der Waals surface area contributed by atoms with Crippen LogP contribution in [0.4, 0.5) is 0 Å². The summed E-state index contributed by atoms with van der Waals surface area (Å²) in [7, 11) is 1.62. The van der Waals surface area contributed by atoms with Gasteiger partial charge in [-0.25, -0.2) is 0 Å². The second kappa shape index (κ2) is 7.92. The number of amides is 1. The maximum absolute atomic E-state index is 12.3. The van der Waals surface area contributed by atoms with Crippen LogP contribution in [0.25, 0.3) is 6.08 Å². The molecule has 1 aromatic rings. The monoisotopic (exact) mass is 448 g/mol. The van der Waals surface area contributed by atoms with Crippen LogP contribution >= 0.6 is 28.1 Å². The summed E-state index contributed by atoms with van der Waals surface area (Å²) in [6.07, 6.45) is 9.96. The van der Waals surface area contributed by atoms with Gasteiger partial charge in [0, 0.05) is 22.2 Å². The van der Waals surface area contributed by atoms with Gasteiger partial charge in [0.05, 0.1) is 7.11 Å². The summed E-state index contributed by atoms with van der Waals surface area (Å²) in [5.74, 6) is 3.79. The average molecular weight is 449 g/mol. The van der Waals surface area contributed by atoms with Crippen molar-refractivity contribution in [2.45, 2.75) is 38.1 Å². The van der Waals surface area contributed by atoms with E-state index >= 15 is 0 Å². The molecule has 0 heterocycles. The molecule has 0 saturated heterocycles. The quantitative estimate of drug-likeness (QED) is 0.532. The molecule has 1 aromatic carbocycles. The van der Waals surface area contributed by atoms with E-state index in [2.05, 4.69) is 26.6 Å². The molecule has 0 aromatic heterocycles. The van der Waals surface area contributed by atoms with Crippen LogP contribution in [0.1, 0.15) is 37.7 Å². The maximum atomic E-state index is 12.3.